The zero-order valence-electron chi connectivity index (χ0n) is 14.4. The molecular formula is C18H21ClN4OS. The molecule has 0 radical (unpaired) electrons. The molecule has 0 aliphatic heterocycles. The molecule has 132 valence electrons. The number of hydrogen-bond acceptors (Lipinski definition) is 4. The molecule has 0 N–H and O–H groups in total. The molecule has 3 rings (SSSR count). The summed E-state index contributed by atoms with van der Waals surface area (Å²) in [7, 11) is 0. The van der Waals surface area contributed by atoms with Crippen molar-refractivity contribution < 1.29 is 0 Å². The van der Waals surface area contributed by atoms with Crippen LogP contribution in [0.15, 0.2) is 40.3 Å². The number of thioether (sulfide) groups is 1. The van der Waals surface area contributed by atoms with E-state index in [4.69, 9.17) is 11.6 Å². The minimum Gasteiger partial charge on any atom is -0.326 e. The maximum absolute atomic E-state index is 12.3. The van der Waals surface area contributed by atoms with Crippen LogP contribution in [0.5, 0.6) is 0 Å². The smallest absolute Gasteiger partial charge is 0.274 e. The van der Waals surface area contributed by atoms with Crippen LogP contribution in [-0.4, -0.2) is 24.9 Å². The molecule has 0 fully saturated rings. The fourth-order valence-corrected chi connectivity index (χ4v) is 3.69. The van der Waals surface area contributed by atoms with Crippen LogP contribution in [0.3, 0.4) is 0 Å². The minimum absolute atomic E-state index is 0.0987. The van der Waals surface area contributed by atoms with E-state index in [1.807, 2.05) is 19.1 Å². The molecule has 0 saturated carbocycles. The summed E-state index contributed by atoms with van der Waals surface area (Å²) < 4.78 is 3.56. The minimum atomic E-state index is -0.0987. The maximum Gasteiger partial charge on any atom is 0.274 e. The highest BCUT2D eigenvalue weighted by atomic mass is 35.5. The normalized spacial score (nSPS) is 11.3. The third-order valence-corrected chi connectivity index (χ3v) is 5.25. The molecular weight excluding hydrogens is 356 g/mol. The molecule has 0 aliphatic carbocycles. The van der Waals surface area contributed by atoms with E-state index in [2.05, 4.69) is 21.6 Å². The van der Waals surface area contributed by atoms with Gasteiger partial charge < -0.3 is 4.57 Å². The van der Waals surface area contributed by atoms with Crippen molar-refractivity contribution in [3.05, 3.63) is 57.2 Å². The topological polar surface area (TPSA) is 52.2 Å². The molecule has 3 heterocycles. The molecule has 25 heavy (non-hydrogen) atoms. The largest absolute Gasteiger partial charge is 0.326 e. The molecule has 0 unspecified atom stereocenters. The summed E-state index contributed by atoms with van der Waals surface area (Å²) in [6, 6.07) is 7.33. The van der Waals surface area contributed by atoms with Gasteiger partial charge in [0.1, 0.15) is 15.8 Å². The third-order valence-electron chi connectivity index (χ3n) is 4.04. The van der Waals surface area contributed by atoms with Crippen molar-refractivity contribution in [2.24, 2.45) is 0 Å². The van der Waals surface area contributed by atoms with Gasteiger partial charge in [0, 0.05) is 24.0 Å². The van der Waals surface area contributed by atoms with Crippen molar-refractivity contribution in [3.8, 4) is 0 Å². The Bertz CT molecular complexity index is 917. The Morgan fingerprint density at radius 3 is 2.80 bits per heavy atom. The quantitative estimate of drug-likeness (QED) is 0.352. The predicted molar refractivity (Wildman–Crippen MR) is 103 cm³/mol. The van der Waals surface area contributed by atoms with E-state index < -0.39 is 0 Å². The highest BCUT2D eigenvalue weighted by Crippen LogP contribution is 2.21. The van der Waals surface area contributed by atoms with Crippen LogP contribution in [0.4, 0.5) is 0 Å². The summed E-state index contributed by atoms with van der Waals surface area (Å²) >= 11 is 7.56. The number of hydrogen-bond donors (Lipinski definition) is 0. The lowest BCUT2D eigenvalue weighted by Gasteiger charge is -2.12. The first-order chi connectivity index (χ1) is 12.1. The van der Waals surface area contributed by atoms with E-state index >= 15 is 0 Å². The van der Waals surface area contributed by atoms with Gasteiger partial charge in [0.2, 0.25) is 0 Å². The molecule has 7 heteroatoms. The second-order valence-corrected chi connectivity index (χ2v) is 7.51. The molecule has 0 atom stereocenters. The Labute approximate surface area is 156 Å². The molecule has 0 saturated heterocycles. The third kappa shape index (κ3) is 4.25. The van der Waals surface area contributed by atoms with Crippen LogP contribution in [0, 0.1) is 6.92 Å². The SMILES string of the molecule is CCCCCSc1cc2n(Cc3ccc(Cl)nc3)c(C)cc(=O)n2n1. The van der Waals surface area contributed by atoms with Crippen LogP contribution < -0.4 is 5.56 Å². The first-order valence-electron chi connectivity index (χ1n) is 8.42. The van der Waals surface area contributed by atoms with Gasteiger partial charge in [-0.2, -0.15) is 9.61 Å². The van der Waals surface area contributed by atoms with Crippen molar-refractivity contribution in [1.29, 1.82) is 0 Å². The van der Waals surface area contributed by atoms with Gasteiger partial charge in [-0.05, 0) is 30.7 Å². The molecule has 3 aromatic heterocycles. The lowest BCUT2D eigenvalue weighted by Crippen LogP contribution is -2.20. The zero-order chi connectivity index (χ0) is 17.8. The van der Waals surface area contributed by atoms with Gasteiger partial charge >= 0.3 is 0 Å². The Balaban J connectivity index is 1.92. The summed E-state index contributed by atoms with van der Waals surface area (Å²) in [6.45, 7) is 4.74. The average molecular weight is 377 g/mol. The lowest BCUT2D eigenvalue weighted by atomic mass is 10.2. The van der Waals surface area contributed by atoms with Gasteiger partial charge in [-0.3, -0.25) is 4.79 Å². The number of unbranched alkanes of at least 4 members (excludes halogenated alkanes) is 2. The lowest BCUT2D eigenvalue weighted by molar-refractivity contribution is 0.731. The van der Waals surface area contributed by atoms with Crippen molar-refractivity contribution >= 4 is 29.0 Å². The van der Waals surface area contributed by atoms with Crippen molar-refractivity contribution in [2.45, 2.75) is 44.7 Å². The second kappa shape index (κ2) is 8.06. The van der Waals surface area contributed by atoms with Crippen LogP contribution in [-0.2, 0) is 6.54 Å². The molecule has 0 amide bonds. The van der Waals surface area contributed by atoms with Gasteiger partial charge in [0.05, 0.1) is 6.54 Å². The van der Waals surface area contributed by atoms with Crippen molar-refractivity contribution in [3.63, 3.8) is 0 Å². The van der Waals surface area contributed by atoms with Gasteiger partial charge in [-0.1, -0.05) is 37.4 Å². The summed E-state index contributed by atoms with van der Waals surface area (Å²) in [5.74, 6) is 1.02. The van der Waals surface area contributed by atoms with E-state index in [1.165, 1.54) is 17.4 Å². The summed E-state index contributed by atoms with van der Waals surface area (Å²) in [4.78, 5) is 16.4. The Kier molecular flexibility index (Phi) is 5.81. The first-order valence-corrected chi connectivity index (χ1v) is 9.78. The van der Waals surface area contributed by atoms with Gasteiger partial charge in [0.15, 0.2) is 0 Å². The van der Waals surface area contributed by atoms with Gasteiger partial charge in [-0.15, -0.1) is 11.8 Å². The molecule has 0 aromatic carbocycles. The highest BCUT2D eigenvalue weighted by molar-refractivity contribution is 7.99. The highest BCUT2D eigenvalue weighted by Gasteiger charge is 2.11. The average Bonchev–Trinajstić information content (AvgIpc) is 3.02. The molecule has 5 nitrogen and oxygen atoms in total. The number of nitrogens with zero attached hydrogens (tertiary/aromatic N) is 4. The van der Waals surface area contributed by atoms with Crippen LogP contribution >= 0.6 is 23.4 Å². The van der Waals surface area contributed by atoms with E-state index in [-0.39, 0.29) is 5.56 Å². The molecule has 0 aliphatic rings. The van der Waals surface area contributed by atoms with Gasteiger partial charge in [0.25, 0.3) is 5.56 Å². The van der Waals surface area contributed by atoms with E-state index in [0.29, 0.717) is 11.7 Å². The van der Waals surface area contributed by atoms with E-state index in [0.717, 1.165) is 34.1 Å². The predicted octanol–water partition coefficient (Wildman–Crippen LogP) is 4.18. The zero-order valence-corrected chi connectivity index (χ0v) is 16.0. The Hall–Kier alpha value is -1.79. The number of fused-ring (bicyclic) bond motifs is 1. The van der Waals surface area contributed by atoms with Gasteiger partial charge in [-0.25, -0.2) is 4.98 Å². The molecule has 3 aromatic rings. The van der Waals surface area contributed by atoms with Crippen LogP contribution in [0.2, 0.25) is 5.15 Å². The fraction of sp³-hybridized carbons (Fsp3) is 0.389. The Morgan fingerprint density at radius 1 is 1.24 bits per heavy atom. The summed E-state index contributed by atoms with van der Waals surface area (Å²) in [5.41, 5.74) is 2.63. The monoisotopic (exact) mass is 376 g/mol. The summed E-state index contributed by atoms with van der Waals surface area (Å²) in [6.07, 6.45) is 5.34. The standard InChI is InChI=1S/C18H21ClN4OS/c1-3-4-5-8-25-16-10-17-22(12-14-6-7-15(19)20-11-14)13(2)9-18(24)23(17)21-16/h6-7,9-11H,3-5,8,12H2,1-2H3. The van der Waals surface area contributed by atoms with Crippen LogP contribution in [0.1, 0.15) is 37.4 Å². The van der Waals surface area contributed by atoms with E-state index in [1.54, 1.807) is 30.1 Å². The summed E-state index contributed by atoms with van der Waals surface area (Å²) in [5, 5.41) is 5.84. The second-order valence-electron chi connectivity index (χ2n) is 6.01. The van der Waals surface area contributed by atoms with Crippen molar-refractivity contribution in [2.75, 3.05) is 5.75 Å². The number of rotatable bonds is 7. The van der Waals surface area contributed by atoms with Crippen molar-refractivity contribution in [1.82, 2.24) is 19.2 Å². The number of aryl methyl sites for hydroxylation is 1. The number of halogens is 1. The fourth-order valence-electron chi connectivity index (χ4n) is 2.69. The molecule has 0 bridgehead atoms. The molecule has 0 spiro atoms. The van der Waals surface area contributed by atoms with Crippen LogP contribution in [0.25, 0.3) is 5.65 Å². The Morgan fingerprint density at radius 2 is 2.08 bits per heavy atom. The number of aromatic nitrogens is 4. The maximum atomic E-state index is 12.3. The number of pyridine rings is 1. The first kappa shape index (κ1) is 18.0. The van der Waals surface area contributed by atoms with E-state index in [9.17, 15) is 4.79 Å².